The molecule has 0 N–H and O–H groups in total. The van der Waals surface area contributed by atoms with Crippen molar-refractivity contribution in [3.05, 3.63) is 118 Å². The first kappa shape index (κ1) is 18.5. The van der Waals surface area contributed by atoms with Crippen LogP contribution in [-0.4, -0.2) is 12.5 Å². The van der Waals surface area contributed by atoms with Gasteiger partial charge in [-0.2, -0.15) is 0 Å². The SMILES string of the molecule is Cc1ccc2c(c1)Oc1cc(N3CCc4ccccc43)ccc1C21OC(=O)c2ccccc21. The van der Waals surface area contributed by atoms with Gasteiger partial charge in [-0.25, -0.2) is 4.79 Å². The number of benzene rings is 4. The summed E-state index contributed by atoms with van der Waals surface area (Å²) in [5.41, 5.74) is 6.93. The van der Waals surface area contributed by atoms with Gasteiger partial charge < -0.3 is 14.4 Å². The molecule has 4 nitrogen and oxygen atoms in total. The summed E-state index contributed by atoms with van der Waals surface area (Å²) in [4.78, 5) is 15.3. The van der Waals surface area contributed by atoms with Gasteiger partial charge in [0.1, 0.15) is 11.5 Å². The fourth-order valence-corrected chi connectivity index (χ4v) is 5.55. The summed E-state index contributed by atoms with van der Waals surface area (Å²) in [6.45, 7) is 2.97. The van der Waals surface area contributed by atoms with E-state index in [1.54, 1.807) is 0 Å². The van der Waals surface area contributed by atoms with Crippen LogP contribution in [0.5, 0.6) is 11.5 Å². The minimum Gasteiger partial charge on any atom is -0.456 e. The van der Waals surface area contributed by atoms with Crippen molar-refractivity contribution in [1.82, 2.24) is 0 Å². The molecule has 3 aliphatic heterocycles. The Morgan fingerprint density at radius 3 is 2.48 bits per heavy atom. The molecule has 0 aliphatic carbocycles. The van der Waals surface area contributed by atoms with E-state index in [9.17, 15) is 4.79 Å². The number of hydrogen-bond donors (Lipinski definition) is 0. The Kier molecular flexibility index (Phi) is 3.64. The maximum absolute atomic E-state index is 13.0. The highest BCUT2D eigenvalue weighted by Crippen LogP contribution is 2.56. The largest absolute Gasteiger partial charge is 0.456 e. The van der Waals surface area contributed by atoms with Crippen molar-refractivity contribution in [1.29, 1.82) is 0 Å². The molecule has 0 saturated carbocycles. The molecular formula is C29H21NO3. The lowest BCUT2D eigenvalue weighted by Gasteiger charge is -2.37. The average Bonchev–Trinajstić information content (AvgIpc) is 3.39. The summed E-state index contributed by atoms with van der Waals surface area (Å²) >= 11 is 0. The number of nitrogens with zero attached hydrogens (tertiary/aromatic N) is 1. The third-order valence-electron chi connectivity index (χ3n) is 7.05. The fourth-order valence-electron chi connectivity index (χ4n) is 5.55. The first-order valence-corrected chi connectivity index (χ1v) is 11.3. The average molecular weight is 431 g/mol. The van der Waals surface area contributed by atoms with Crippen LogP contribution in [0.3, 0.4) is 0 Å². The van der Waals surface area contributed by atoms with Gasteiger partial charge in [-0.05, 0) is 54.8 Å². The van der Waals surface area contributed by atoms with E-state index in [0.717, 1.165) is 52.4 Å². The van der Waals surface area contributed by atoms with Gasteiger partial charge in [0.2, 0.25) is 0 Å². The first-order chi connectivity index (χ1) is 16.1. The predicted molar refractivity (Wildman–Crippen MR) is 127 cm³/mol. The number of fused-ring (bicyclic) bond motifs is 7. The number of carbonyl (C=O) groups excluding carboxylic acids is 1. The molecule has 4 heteroatoms. The van der Waals surface area contributed by atoms with Gasteiger partial charge >= 0.3 is 5.97 Å². The van der Waals surface area contributed by atoms with E-state index < -0.39 is 5.60 Å². The standard InChI is InChI=1S/C29H21NO3/c1-18-10-12-23-26(16-18)32-27-17-20(30-15-14-19-6-2-5-9-25(19)30)11-13-24(27)29(23)22-8-4-3-7-21(22)28(31)33-29/h2-13,16-17H,14-15H2,1H3. The third kappa shape index (κ3) is 2.43. The molecule has 3 heterocycles. The van der Waals surface area contributed by atoms with Crippen LogP contribution < -0.4 is 9.64 Å². The minimum atomic E-state index is -1.01. The van der Waals surface area contributed by atoms with Gasteiger partial charge in [0, 0.05) is 40.7 Å². The van der Waals surface area contributed by atoms with Crippen LogP contribution in [0, 0.1) is 6.92 Å². The van der Waals surface area contributed by atoms with Crippen LogP contribution in [0.4, 0.5) is 11.4 Å². The molecule has 7 rings (SSSR count). The lowest BCUT2D eigenvalue weighted by molar-refractivity contribution is 0.0224. The van der Waals surface area contributed by atoms with Gasteiger partial charge in [-0.15, -0.1) is 0 Å². The van der Waals surface area contributed by atoms with Crippen molar-refractivity contribution < 1.29 is 14.3 Å². The Morgan fingerprint density at radius 2 is 1.58 bits per heavy atom. The van der Waals surface area contributed by atoms with E-state index in [1.807, 2.05) is 49.4 Å². The van der Waals surface area contributed by atoms with Crippen molar-refractivity contribution in [3.8, 4) is 11.5 Å². The molecule has 0 saturated heterocycles. The lowest BCUT2D eigenvalue weighted by Crippen LogP contribution is -2.33. The quantitative estimate of drug-likeness (QED) is 0.334. The van der Waals surface area contributed by atoms with E-state index in [2.05, 4.69) is 47.4 Å². The lowest BCUT2D eigenvalue weighted by atomic mass is 9.77. The number of anilines is 2. The summed E-state index contributed by atoms with van der Waals surface area (Å²) in [6.07, 6.45) is 1.02. The monoisotopic (exact) mass is 431 g/mol. The molecule has 1 atom stereocenters. The van der Waals surface area contributed by atoms with Crippen LogP contribution in [0.25, 0.3) is 0 Å². The zero-order valence-electron chi connectivity index (χ0n) is 18.2. The summed E-state index contributed by atoms with van der Waals surface area (Å²) < 4.78 is 12.7. The molecule has 33 heavy (non-hydrogen) atoms. The molecule has 3 aliphatic rings. The van der Waals surface area contributed by atoms with Gasteiger partial charge in [0.25, 0.3) is 0 Å². The number of ether oxygens (including phenoxy) is 2. The second-order valence-corrected chi connectivity index (χ2v) is 8.93. The Labute approximate surface area is 192 Å². The van der Waals surface area contributed by atoms with E-state index in [-0.39, 0.29) is 5.97 Å². The Hall–Kier alpha value is -4.05. The van der Waals surface area contributed by atoms with Crippen molar-refractivity contribution in [3.63, 3.8) is 0 Å². The van der Waals surface area contributed by atoms with Crippen molar-refractivity contribution >= 4 is 17.3 Å². The van der Waals surface area contributed by atoms with E-state index in [1.165, 1.54) is 11.3 Å². The van der Waals surface area contributed by atoms with E-state index >= 15 is 0 Å². The summed E-state index contributed by atoms with van der Waals surface area (Å²) in [7, 11) is 0. The maximum Gasteiger partial charge on any atom is 0.340 e. The first-order valence-electron chi connectivity index (χ1n) is 11.3. The molecule has 1 spiro atoms. The van der Waals surface area contributed by atoms with Crippen molar-refractivity contribution in [2.24, 2.45) is 0 Å². The Bertz CT molecular complexity index is 1470. The van der Waals surface area contributed by atoms with Gasteiger partial charge in [-0.1, -0.05) is 48.5 Å². The molecule has 0 aromatic heterocycles. The smallest absolute Gasteiger partial charge is 0.340 e. The Morgan fingerprint density at radius 1 is 0.818 bits per heavy atom. The molecule has 4 aromatic rings. The molecular weight excluding hydrogens is 410 g/mol. The summed E-state index contributed by atoms with van der Waals surface area (Å²) in [6, 6.07) is 28.5. The van der Waals surface area contributed by atoms with Crippen LogP contribution in [0.1, 0.15) is 38.2 Å². The van der Waals surface area contributed by atoms with Crippen LogP contribution in [-0.2, 0) is 16.8 Å². The molecule has 1 unspecified atom stereocenters. The summed E-state index contributed by atoms with van der Waals surface area (Å²) in [5, 5.41) is 0. The van der Waals surface area contributed by atoms with Gasteiger partial charge in [0.15, 0.2) is 5.60 Å². The third-order valence-corrected chi connectivity index (χ3v) is 7.05. The predicted octanol–water partition coefficient (Wildman–Crippen LogP) is 6.26. The molecule has 0 fully saturated rings. The van der Waals surface area contributed by atoms with Gasteiger partial charge in [0.05, 0.1) is 5.56 Å². The zero-order valence-corrected chi connectivity index (χ0v) is 18.2. The zero-order chi connectivity index (χ0) is 22.2. The fraction of sp³-hybridized carbons (Fsp3) is 0.138. The van der Waals surface area contributed by atoms with Crippen LogP contribution in [0.15, 0.2) is 84.9 Å². The number of esters is 1. The molecule has 4 aromatic carbocycles. The highest BCUT2D eigenvalue weighted by molar-refractivity contribution is 5.97. The van der Waals surface area contributed by atoms with Crippen molar-refractivity contribution in [2.45, 2.75) is 18.9 Å². The highest BCUT2D eigenvalue weighted by atomic mass is 16.6. The van der Waals surface area contributed by atoms with Crippen LogP contribution in [0.2, 0.25) is 0 Å². The summed E-state index contributed by atoms with van der Waals surface area (Å²) in [5.74, 6) is 1.15. The molecule has 0 bridgehead atoms. The minimum absolute atomic E-state index is 0.303. The highest BCUT2D eigenvalue weighted by Gasteiger charge is 2.53. The topological polar surface area (TPSA) is 38.8 Å². The molecule has 160 valence electrons. The molecule has 0 radical (unpaired) electrons. The number of rotatable bonds is 1. The maximum atomic E-state index is 13.0. The van der Waals surface area contributed by atoms with E-state index in [4.69, 9.17) is 9.47 Å². The Balaban J connectivity index is 1.45. The normalized spacial score (nSPS) is 19.4. The number of carbonyl (C=O) groups is 1. The number of aryl methyl sites for hydroxylation is 1. The van der Waals surface area contributed by atoms with Crippen LogP contribution >= 0.6 is 0 Å². The molecule has 0 amide bonds. The number of hydrogen-bond acceptors (Lipinski definition) is 4. The number of para-hydroxylation sites is 1. The second-order valence-electron chi connectivity index (χ2n) is 8.93. The van der Waals surface area contributed by atoms with E-state index in [0.29, 0.717) is 5.56 Å². The second kappa shape index (κ2) is 6.48. The van der Waals surface area contributed by atoms with Gasteiger partial charge in [-0.3, -0.25) is 0 Å². The van der Waals surface area contributed by atoms with Crippen molar-refractivity contribution in [2.75, 3.05) is 11.4 Å².